The molecule has 1 aromatic rings. The van der Waals surface area contributed by atoms with Crippen molar-refractivity contribution < 1.29 is 5.11 Å². The van der Waals surface area contributed by atoms with E-state index in [9.17, 15) is 5.11 Å². The lowest BCUT2D eigenvalue weighted by atomic mass is 10.2. The molecule has 51 valence electrons. The number of benzene rings is 1. The summed E-state index contributed by atoms with van der Waals surface area (Å²) in [4.78, 5) is 0. The molecule has 0 saturated carbocycles. The molecule has 1 rings (SSSR count). The van der Waals surface area contributed by atoms with Gasteiger partial charge in [0, 0.05) is 5.56 Å². The Morgan fingerprint density at radius 2 is 2.00 bits per heavy atom. The minimum Gasteiger partial charge on any atom is -0.289 e. The van der Waals surface area contributed by atoms with E-state index in [2.05, 4.69) is 0 Å². The van der Waals surface area contributed by atoms with Gasteiger partial charge >= 0.3 is 0 Å². The second kappa shape index (κ2) is 3.06. The predicted molar refractivity (Wildman–Crippen MR) is 41.3 cm³/mol. The van der Waals surface area contributed by atoms with Crippen LogP contribution in [0.15, 0.2) is 30.3 Å². The third-order valence-electron chi connectivity index (χ3n) is 1.27. The van der Waals surface area contributed by atoms with Crippen LogP contribution in [-0.4, -0.2) is 0 Å². The molecule has 1 heteroatoms. The van der Waals surface area contributed by atoms with Gasteiger partial charge in [-0.05, 0) is 13.0 Å². The first-order chi connectivity index (χ1) is 4.84. The normalized spacial score (nSPS) is 10.5. The summed E-state index contributed by atoms with van der Waals surface area (Å²) >= 11 is 0. The number of rotatable bonds is 1. The molecule has 0 heterocycles. The summed E-state index contributed by atoms with van der Waals surface area (Å²) in [5.41, 5.74) is 0.755. The topological polar surface area (TPSA) is 19.9 Å². The van der Waals surface area contributed by atoms with E-state index in [1.807, 2.05) is 31.2 Å². The zero-order chi connectivity index (χ0) is 7.40. The molecule has 10 heavy (non-hydrogen) atoms. The maximum absolute atomic E-state index is 11.0. The highest BCUT2D eigenvalue weighted by atomic mass is 16.3. The fourth-order valence-electron chi connectivity index (χ4n) is 0.798. The summed E-state index contributed by atoms with van der Waals surface area (Å²) in [5, 5.41) is 11.0. The Kier molecular flexibility index (Phi) is 2.11. The molecule has 1 nitrogen and oxygen atoms in total. The van der Waals surface area contributed by atoms with Crippen molar-refractivity contribution in [1.29, 1.82) is 0 Å². The van der Waals surface area contributed by atoms with Crippen molar-refractivity contribution >= 4 is 6.08 Å². The minimum absolute atomic E-state index is 0.0839. The molecule has 0 fully saturated rings. The SMILES string of the molecule is CC=Cc1ccccc1[O]. The Morgan fingerprint density at radius 3 is 2.60 bits per heavy atom. The lowest BCUT2D eigenvalue weighted by Gasteiger charge is -1.91. The molecule has 0 aliphatic carbocycles. The van der Waals surface area contributed by atoms with Crippen LogP contribution >= 0.6 is 0 Å². The summed E-state index contributed by atoms with van der Waals surface area (Å²) < 4.78 is 0. The van der Waals surface area contributed by atoms with Crippen LogP contribution in [0.5, 0.6) is 5.75 Å². The third kappa shape index (κ3) is 1.38. The van der Waals surface area contributed by atoms with E-state index in [0.29, 0.717) is 0 Å². The van der Waals surface area contributed by atoms with E-state index in [0.717, 1.165) is 5.56 Å². The zero-order valence-electron chi connectivity index (χ0n) is 5.87. The van der Waals surface area contributed by atoms with Crippen LogP contribution in [-0.2, 0) is 5.11 Å². The van der Waals surface area contributed by atoms with E-state index in [4.69, 9.17) is 0 Å². The smallest absolute Gasteiger partial charge is 0.185 e. The zero-order valence-corrected chi connectivity index (χ0v) is 5.87. The molecule has 0 aliphatic rings. The maximum atomic E-state index is 11.0. The molecular formula is C9H9O. The lowest BCUT2D eigenvalue weighted by Crippen LogP contribution is -1.69. The van der Waals surface area contributed by atoms with Gasteiger partial charge in [0.1, 0.15) is 0 Å². The van der Waals surface area contributed by atoms with Gasteiger partial charge in [0.15, 0.2) is 5.75 Å². The van der Waals surface area contributed by atoms with Gasteiger partial charge in [0.25, 0.3) is 0 Å². The van der Waals surface area contributed by atoms with Crippen LogP contribution in [0.1, 0.15) is 12.5 Å². The van der Waals surface area contributed by atoms with Gasteiger partial charge in [-0.25, -0.2) is 0 Å². The monoisotopic (exact) mass is 133 g/mol. The first-order valence-corrected chi connectivity index (χ1v) is 3.23. The molecule has 0 aliphatic heterocycles. The molecule has 1 radical (unpaired) electrons. The molecule has 0 N–H and O–H groups in total. The summed E-state index contributed by atoms with van der Waals surface area (Å²) in [6, 6.07) is 6.98. The summed E-state index contributed by atoms with van der Waals surface area (Å²) in [7, 11) is 0. The second-order valence-electron chi connectivity index (χ2n) is 2.04. The van der Waals surface area contributed by atoms with Crippen molar-refractivity contribution in [2.75, 3.05) is 0 Å². The van der Waals surface area contributed by atoms with Crippen molar-refractivity contribution in [3.63, 3.8) is 0 Å². The van der Waals surface area contributed by atoms with Crippen LogP contribution in [0.4, 0.5) is 0 Å². The number of hydrogen-bond donors (Lipinski definition) is 0. The highest BCUT2D eigenvalue weighted by Gasteiger charge is 1.93. The highest BCUT2D eigenvalue weighted by Crippen LogP contribution is 2.17. The van der Waals surface area contributed by atoms with Crippen molar-refractivity contribution in [3.8, 4) is 5.75 Å². The molecular weight excluding hydrogens is 124 g/mol. The summed E-state index contributed by atoms with van der Waals surface area (Å²) in [5.74, 6) is 0.0839. The Balaban J connectivity index is 3.03. The van der Waals surface area contributed by atoms with Gasteiger partial charge in [-0.15, -0.1) is 0 Å². The fraction of sp³-hybridized carbons (Fsp3) is 0.111. The Hall–Kier alpha value is -1.24. The number of para-hydroxylation sites is 1. The van der Waals surface area contributed by atoms with E-state index in [-0.39, 0.29) is 5.75 Å². The maximum Gasteiger partial charge on any atom is 0.185 e. The molecule has 0 atom stereocenters. The number of allylic oxidation sites excluding steroid dienone is 1. The van der Waals surface area contributed by atoms with Gasteiger partial charge in [-0.2, -0.15) is 0 Å². The molecule has 0 saturated heterocycles. The van der Waals surface area contributed by atoms with E-state index < -0.39 is 0 Å². The Labute approximate surface area is 60.6 Å². The van der Waals surface area contributed by atoms with Gasteiger partial charge < -0.3 is 0 Å². The van der Waals surface area contributed by atoms with E-state index >= 15 is 0 Å². The Morgan fingerprint density at radius 1 is 1.30 bits per heavy atom. The van der Waals surface area contributed by atoms with Gasteiger partial charge in [-0.1, -0.05) is 30.4 Å². The minimum atomic E-state index is 0.0839. The molecule has 0 spiro atoms. The van der Waals surface area contributed by atoms with Crippen LogP contribution in [0.25, 0.3) is 6.08 Å². The fourth-order valence-corrected chi connectivity index (χ4v) is 0.798. The van der Waals surface area contributed by atoms with E-state index in [1.165, 1.54) is 0 Å². The van der Waals surface area contributed by atoms with Crippen LogP contribution in [0.3, 0.4) is 0 Å². The lowest BCUT2D eigenvalue weighted by molar-refractivity contribution is 0.354. The number of hydrogen-bond acceptors (Lipinski definition) is 0. The largest absolute Gasteiger partial charge is 0.289 e. The van der Waals surface area contributed by atoms with Crippen molar-refractivity contribution in [2.45, 2.75) is 6.92 Å². The van der Waals surface area contributed by atoms with Crippen LogP contribution in [0.2, 0.25) is 0 Å². The molecule has 0 unspecified atom stereocenters. The molecule has 1 aromatic carbocycles. The first kappa shape index (κ1) is 6.87. The Bertz CT molecular complexity index is 238. The quantitative estimate of drug-likeness (QED) is 0.561. The molecule has 0 aromatic heterocycles. The molecule has 0 amide bonds. The highest BCUT2D eigenvalue weighted by molar-refractivity contribution is 5.55. The molecule has 0 bridgehead atoms. The standard InChI is InChI=1S/C9H9O/c1-2-5-8-6-3-4-7-9(8)10/h2-7H,1H3. The third-order valence-corrected chi connectivity index (χ3v) is 1.27. The van der Waals surface area contributed by atoms with Gasteiger partial charge in [0.2, 0.25) is 0 Å². The average Bonchev–Trinajstić information content (AvgIpc) is 1.94. The van der Waals surface area contributed by atoms with Crippen LogP contribution in [0, 0.1) is 0 Å². The van der Waals surface area contributed by atoms with Gasteiger partial charge in [-0.3, -0.25) is 5.11 Å². The first-order valence-electron chi connectivity index (χ1n) is 3.23. The van der Waals surface area contributed by atoms with Crippen LogP contribution < -0.4 is 0 Å². The summed E-state index contributed by atoms with van der Waals surface area (Å²) in [6.07, 6.45) is 3.67. The average molecular weight is 133 g/mol. The second-order valence-corrected chi connectivity index (χ2v) is 2.04. The predicted octanol–water partition coefficient (Wildman–Crippen LogP) is 2.86. The van der Waals surface area contributed by atoms with Crippen molar-refractivity contribution in [3.05, 3.63) is 35.9 Å². The van der Waals surface area contributed by atoms with Crippen molar-refractivity contribution in [2.24, 2.45) is 0 Å². The van der Waals surface area contributed by atoms with E-state index in [1.54, 1.807) is 12.1 Å². The van der Waals surface area contributed by atoms with Crippen molar-refractivity contribution in [1.82, 2.24) is 0 Å². The summed E-state index contributed by atoms with van der Waals surface area (Å²) in [6.45, 7) is 1.90. The van der Waals surface area contributed by atoms with Gasteiger partial charge in [0.05, 0.1) is 0 Å².